The minimum absolute atomic E-state index is 0.273. The zero-order valence-electron chi connectivity index (χ0n) is 12.6. The van der Waals surface area contributed by atoms with Crippen molar-refractivity contribution in [3.8, 4) is 16.9 Å². The van der Waals surface area contributed by atoms with Gasteiger partial charge in [0.15, 0.2) is 6.73 Å². The summed E-state index contributed by atoms with van der Waals surface area (Å²) >= 11 is 6.40. The molecule has 0 aliphatic heterocycles. The van der Waals surface area contributed by atoms with Crippen molar-refractivity contribution in [3.05, 3.63) is 63.5 Å². The number of phenols is 1. The van der Waals surface area contributed by atoms with Crippen LogP contribution < -0.4 is 0 Å². The monoisotopic (exact) mass is 331 g/mol. The van der Waals surface area contributed by atoms with Crippen LogP contribution in [0, 0.1) is 4.91 Å². The molecule has 2 aromatic rings. The smallest absolute Gasteiger partial charge is 0.176 e. The molecule has 0 saturated carbocycles. The topological polar surface area (TPSA) is 69.9 Å². The molecule has 0 heterocycles. The Labute approximate surface area is 140 Å². The van der Waals surface area contributed by atoms with E-state index in [4.69, 9.17) is 21.6 Å². The summed E-state index contributed by atoms with van der Waals surface area (Å²) in [6.45, 7) is -0.611. The molecule has 0 atom stereocenters. The minimum Gasteiger partial charge on any atom is -0.508 e. The highest BCUT2D eigenvalue weighted by molar-refractivity contribution is 6.33. The second-order valence-corrected chi connectivity index (χ2v) is 5.55. The molecule has 1 aliphatic rings. The Balaban J connectivity index is 0.000000433. The molecule has 120 valence electrons. The largest absolute Gasteiger partial charge is 0.508 e. The van der Waals surface area contributed by atoms with Crippen LogP contribution in [-0.2, 0) is 6.42 Å². The molecule has 0 saturated heterocycles. The molecule has 3 rings (SSSR count). The van der Waals surface area contributed by atoms with Crippen molar-refractivity contribution in [2.75, 3.05) is 6.73 Å². The maximum Gasteiger partial charge on any atom is 0.176 e. The number of rotatable bonds is 2. The quantitative estimate of drug-likeness (QED) is 0.779. The number of hydrogen-bond acceptors (Lipinski definition) is 4. The molecular weight excluding hydrogens is 314 g/mol. The fourth-order valence-electron chi connectivity index (χ4n) is 2.49. The third-order valence-electron chi connectivity index (χ3n) is 3.58. The number of aliphatic hydroxyl groups is 1. The van der Waals surface area contributed by atoms with Gasteiger partial charge in [0.1, 0.15) is 5.75 Å². The van der Waals surface area contributed by atoms with E-state index in [1.807, 2.05) is 17.3 Å². The van der Waals surface area contributed by atoms with Crippen molar-refractivity contribution >= 4 is 17.7 Å². The van der Waals surface area contributed by atoms with Gasteiger partial charge in [0.05, 0.1) is 0 Å². The molecule has 2 aromatic carbocycles. The van der Waals surface area contributed by atoms with Crippen LogP contribution in [0.5, 0.6) is 5.75 Å². The number of fused-ring (bicyclic) bond motifs is 1. The Morgan fingerprint density at radius 2 is 1.87 bits per heavy atom. The van der Waals surface area contributed by atoms with Gasteiger partial charge in [0.25, 0.3) is 0 Å². The van der Waals surface area contributed by atoms with E-state index >= 15 is 0 Å². The number of benzene rings is 2. The van der Waals surface area contributed by atoms with Crippen LogP contribution in [0.25, 0.3) is 17.2 Å². The van der Waals surface area contributed by atoms with E-state index in [0.29, 0.717) is 0 Å². The number of hydrogen-bond donors (Lipinski definition) is 2. The Hall–Kier alpha value is -2.17. The lowest BCUT2D eigenvalue weighted by molar-refractivity contribution is 0.307. The van der Waals surface area contributed by atoms with Gasteiger partial charge >= 0.3 is 0 Å². The average molecular weight is 332 g/mol. The zero-order valence-corrected chi connectivity index (χ0v) is 13.3. The summed E-state index contributed by atoms with van der Waals surface area (Å²) in [6, 6.07) is 11.4. The molecule has 0 bridgehead atoms. The average Bonchev–Trinajstić information content (AvgIpc) is 2.80. The molecule has 0 amide bonds. The van der Waals surface area contributed by atoms with Crippen molar-refractivity contribution in [3.63, 3.8) is 0 Å². The Kier molecular flexibility index (Phi) is 6.32. The summed E-state index contributed by atoms with van der Waals surface area (Å²) < 4.78 is 0. The van der Waals surface area contributed by atoms with Gasteiger partial charge < -0.3 is 10.2 Å². The first kappa shape index (κ1) is 17.2. The van der Waals surface area contributed by atoms with Gasteiger partial charge in [-0.15, -0.1) is 4.91 Å². The van der Waals surface area contributed by atoms with Gasteiger partial charge in [0.2, 0.25) is 0 Å². The van der Waals surface area contributed by atoms with E-state index in [0.717, 1.165) is 29.0 Å². The van der Waals surface area contributed by atoms with Gasteiger partial charge in [-0.1, -0.05) is 35.9 Å². The molecule has 0 fully saturated rings. The number of phenolic OH excluding ortho intramolecular Hbond substituents is 1. The van der Waals surface area contributed by atoms with Crippen LogP contribution in [0.4, 0.5) is 0 Å². The molecule has 0 spiro atoms. The molecule has 23 heavy (non-hydrogen) atoms. The molecule has 5 heteroatoms. The van der Waals surface area contributed by atoms with Crippen molar-refractivity contribution in [1.29, 1.82) is 0 Å². The standard InChI is InChI=1S/C17H15ClO.CH3NO2/c18-17-11-14-5-3-1-2-4-13(14)10-16(17)12-6-8-15(19)9-7-12;3-1-2-4/h2,4,6-11,19H,1,3,5H2;3H,1H2. The van der Waals surface area contributed by atoms with Gasteiger partial charge in [-0.3, -0.25) is 0 Å². The van der Waals surface area contributed by atoms with Gasteiger partial charge in [0, 0.05) is 10.6 Å². The van der Waals surface area contributed by atoms with Crippen LogP contribution in [-0.4, -0.2) is 16.9 Å². The van der Waals surface area contributed by atoms with E-state index in [-0.39, 0.29) is 5.75 Å². The summed E-state index contributed by atoms with van der Waals surface area (Å²) in [6.07, 6.45) is 7.79. The molecule has 0 aromatic heterocycles. The summed E-state index contributed by atoms with van der Waals surface area (Å²) in [5.74, 6) is 0.273. The Bertz CT molecular complexity index is 696. The van der Waals surface area contributed by atoms with Gasteiger partial charge in [-0.2, -0.15) is 0 Å². The highest BCUT2D eigenvalue weighted by Gasteiger charge is 2.10. The van der Waals surface area contributed by atoms with Crippen molar-refractivity contribution in [2.45, 2.75) is 19.3 Å². The Morgan fingerprint density at radius 1 is 1.17 bits per heavy atom. The lowest BCUT2D eigenvalue weighted by atomic mass is 9.97. The SMILES string of the molecule is O=NCO.Oc1ccc(-c2cc3c(cc2Cl)CCCC=C3)cc1. The summed E-state index contributed by atoms with van der Waals surface area (Å²) in [5, 5.41) is 19.6. The maximum atomic E-state index is 9.36. The number of halogens is 1. The van der Waals surface area contributed by atoms with Crippen molar-refractivity contribution in [2.24, 2.45) is 5.18 Å². The van der Waals surface area contributed by atoms with Crippen LogP contribution in [0.2, 0.25) is 5.02 Å². The molecular formula is C18H18ClNO3. The Morgan fingerprint density at radius 3 is 2.52 bits per heavy atom. The zero-order chi connectivity index (χ0) is 16.7. The van der Waals surface area contributed by atoms with E-state index in [9.17, 15) is 5.11 Å². The van der Waals surface area contributed by atoms with Crippen molar-refractivity contribution in [1.82, 2.24) is 0 Å². The number of nitrogens with zero attached hydrogens (tertiary/aromatic N) is 1. The summed E-state index contributed by atoms with van der Waals surface area (Å²) in [7, 11) is 0. The highest BCUT2D eigenvalue weighted by Crippen LogP contribution is 2.33. The van der Waals surface area contributed by atoms with Crippen LogP contribution in [0.1, 0.15) is 24.0 Å². The third kappa shape index (κ3) is 4.65. The molecule has 0 unspecified atom stereocenters. The van der Waals surface area contributed by atoms with Gasteiger partial charge in [-0.25, -0.2) is 0 Å². The van der Waals surface area contributed by atoms with Crippen LogP contribution in [0.15, 0.2) is 47.7 Å². The lowest BCUT2D eigenvalue weighted by Gasteiger charge is -2.10. The van der Waals surface area contributed by atoms with E-state index < -0.39 is 6.73 Å². The normalized spacial score (nSPS) is 12.6. The molecule has 2 N–H and O–H groups in total. The number of aliphatic hydroxyl groups excluding tert-OH is 1. The van der Waals surface area contributed by atoms with Crippen LogP contribution in [0.3, 0.4) is 0 Å². The predicted octanol–water partition coefficient (Wildman–Crippen LogP) is 4.76. The summed E-state index contributed by atoms with van der Waals surface area (Å²) in [4.78, 5) is 8.67. The number of aromatic hydroxyl groups is 1. The molecule has 0 radical (unpaired) electrons. The van der Waals surface area contributed by atoms with E-state index in [1.54, 1.807) is 12.1 Å². The number of nitroso groups, excluding NO2 is 1. The first-order valence-electron chi connectivity index (χ1n) is 7.34. The minimum atomic E-state index is -0.611. The van der Waals surface area contributed by atoms with E-state index in [2.05, 4.69) is 24.3 Å². The van der Waals surface area contributed by atoms with Gasteiger partial charge in [-0.05, 0) is 65.4 Å². The third-order valence-corrected chi connectivity index (χ3v) is 3.89. The molecule has 4 nitrogen and oxygen atoms in total. The fraction of sp³-hybridized carbons (Fsp3) is 0.222. The highest BCUT2D eigenvalue weighted by atomic mass is 35.5. The first-order chi connectivity index (χ1) is 11.2. The maximum absolute atomic E-state index is 9.36. The lowest BCUT2D eigenvalue weighted by Crippen LogP contribution is -1.90. The number of aryl methyl sites for hydroxylation is 1. The fourth-order valence-corrected chi connectivity index (χ4v) is 2.78. The summed E-state index contributed by atoms with van der Waals surface area (Å²) in [5.41, 5.74) is 4.63. The van der Waals surface area contributed by atoms with E-state index in [1.165, 1.54) is 17.5 Å². The second kappa shape index (κ2) is 8.46. The number of allylic oxidation sites excluding steroid dienone is 1. The van der Waals surface area contributed by atoms with Crippen LogP contribution >= 0.6 is 11.6 Å². The van der Waals surface area contributed by atoms with Crippen molar-refractivity contribution < 1.29 is 10.2 Å². The second-order valence-electron chi connectivity index (χ2n) is 5.14. The predicted molar refractivity (Wildman–Crippen MR) is 93.4 cm³/mol. The molecule has 1 aliphatic carbocycles. The first-order valence-corrected chi connectivity index (χ1v) is 7.72.